The molecule has 0 aromatic carbocycles. The Morgan fingerprint density at radius 1 is 1.29 bits per heavy atom. The monoisotopic (exact) mass is 414 g/mol. The molecule has 2 rings (SSSR count). The number of halogens is 1. The highest BCUT2D eigenvalue weighted by atomic mass is 79.9. The van der Waals surface area contributed by atoms with Crippen molar-refractivity contribution in [3.63, 3.8) is 0 Å². The number of carbonyl (C=O) groups excluding carboxylic acids is 2. The van der Waals surface area contributed by atoms with Crippen LogP contribution < -0.4 is 5.32 Å². The van der Waals surface area contributed by atoms with E-state index in [4.69, 9.17) is 0 Å². The molecule has 1 fully saturated rings. The maximum absolute atomic E-state index is 12.8. The zero-order valence-electron chi connectivity index (χ0n) is 14.7. The standard InChI is InChI=1S/C18H27BrN2O2S/c1-12(2)16(20-17(22)13-7-5-4-6-8-13)18(23)21(3)11-14-9-10-15(19)24-14/h9-10,12-13,16H,4-8,11H2,1-3H3,(H,20,22). The second-order valence-corrected chi connectivity index (χ2v) is 9.51. The molecule has 1 aliphatic carbocycles. The van der Waals surface area contributed by atoms with E-state index in [1.165, 1.54) is 6.42 Å². The fourth-order valence-corrected chi connectivity index (χ4v) is 4.67. The van der Waals surface area contributed by atoms with E-state index in [-0.39, 0.29) is 23.7 Å². The largest absolute Gasteiger partial charge is 0.344 e. The van der Waals surface area contributed by atoms with E-state index in [2.05, 4.69) is 21.2 Å². The summed E-state index contributed by atoms with van der Waals surface area (Å²) in [6.45, 7) is 4.54. The minimum absolute atomic E-state index is 0.0151. The summed E-state index contributed by atoms with van der Waals surface area (Å²) >= 11 is 5.07. The number of nitrogens with one attached hydrogen (secondary N) is 1. The zero-order chi connectivity index (χ0) is 17.7. The smallest absolute Gasteiger partial charge is 0.245 e. The fourth-order valence-electron chi connectivity index (χ4n) is 3.14. The van der Waals surface area contributed by atoms with Crippen molar-refractivity contribution in [1.82, 2.24) is 10.2 Å². The average Bonchev–Trinajstić information content (AvgIpc) is 2.97. The molecule has 1 aromatic heterocycles. The number of hydrogen-bond acceptors (Lipinski definition) is 3. The molecule has 1 heterocycles. The van der Waals surface area contributed by atoms with Crippen molar-refractivity contribution in [2.24, 2.45) is 11.8 Å². The Balaban J connectivity index is 1.97. The van der Waals surface area contributed by atoms with Gasteiger partial charge in [-0.1, -0.05) is 33.1 Å². The average molecular weight is 415 g/mol. The summed E-state index contributed by atoms with van der Waals surface area (Å²) in [5.74, 6) is 0.182. The predicted molar refractivity (Wildman–Crippen MR) is 102 cm³/mol. The van der Waals surface area contributed by atoms with Gasteiger partial charge in [0.25, 0.3) is 0 Å². The van der Waals surface area contributed by atoms with Crippen molar-refractivity contribution >= 4 is 39.1 Å². The van der Waals surface area contributed by atoms with E-state index in [0.717, 1.165) is 34.3 Å². The Bertz CT molecular complexity index is 567. The van der Waals surface area contributed by atoms with E-state index in [0.29, 0.717) is 6.54 Å². The summed E-state index contributed by atoms with van der Waals surface area (Å²) in [5, 5.41) is 3.02. The number of carbonyl (C=O) groups is 2. The minimum atomic E-state index is -0.451. The quantitative estimate of drug-likeness (QED) is 0.758. The highest BCUT2D eigenvalue weighted by Crippen LogP contribution is 2.25. The van der Waals surface area contributed by atoms with Crippen molar-refractivity contribution in [3.8, 4) is 0 Å². The molecule has 0 bridgehead atoms. The van der Waals surface area contributed by atoms with Gasteiger partial charge in [-0.25, -0.2) is 0 Å². The Kier molecular flexibility index (Phi) is 7.29. The number of likely N-dealkylation sites (N-methyl/N-ethyl adjacent to an activating group) is 1. The lowest BCUT2D eigenvalue weighted by molar-refractivity contribution is -0.138. The van der Waals surface area contributed by atoms with Gasteiger partial charge < -0.3 is 10.2 Å². The van der Waals surface area contributed by atoms with Gasteiger partial charge in [0.1, 0.15) is 6.04 Å². The van der Waals surface area contributed by atoms with Gasteiger partial charge in [0, 0.05) is 17.8 Å². The van der Waals surface area contributed by atoms with Crippen LogP contribution in [-0.2, 0) is 16.1 Å². The Hall–Kier alpha value is -0.880. The van der Waals surface area contributed by atoms with Crippen molar-refractivity contribution in [1.29, 1.82) is 0 Å². The molecule has 6 heteroatoms. The van der Waals surface area contributed by atoms with Crippen LogP contribution in [0.5, 0.6) is 0 Å². The summed E-state index contributed by atoms with van der Waals surface area (Å²) < 4.78 is 1.06. The molecule has 0 aliphatic heterocycles. The van der Waals surface area contributed by atoms with E-state index < -0.39 is 6.04 Å². The number of rotatable bonds is 6. The predicted octanol–water partition coefficient (Wildman–Crippen LogP) is 4.19. The molecule has 0 spiro atoms. The number of amides is 2. The Labute approximate surface area is 157 Å². The van der Waals surface area contributed by atoms with E-state index in [1.54, 1.807) is 23.3 Å². The van der Waals surface area contributed by atoms with E-state index in [9.17, 15) is 9.59 Å². The fraction of sp³-hybridized carbons (Fsp3) is 0.667. The van der Waals surface area contributed by atoms with Crippen LogP contribution in [0.4, 0.5) is 0 Å². The van der Waals surface area contributed by atoms with Gasteiger partial charge in [0.2, 0.25) is 11.8 Å². The van der Waals surface area contributed by atoms with Gasteiger partial charge in [-0.2, -0.15) is 0 Å². The number of nitrogens with zero attached hydrogens (tertiary/aromatic N) is 1. The first kappa shape index (κ1) is 19.4. The van der Waals surface area contributed by atoms with Crippen molar-refractivity contribution in [3.05, 3.63) is 20.8 Å². The van der Waals surface area contributed by atoms with Gasteiger partial charge in [-0.3, -0.25) is 9.59 Å². The molecule has 4 nitrogen and oxygen atoms in total. The zero-order valence-corrected chi connectivity index (χ0v) is 17.1. The van der Waals surface area contributed by atoms with Crippen molar-refractivity contribution in [2.75, 3.05) is 7.05 Å². The van der Waals surface area contributed by atoms with Crippen LogP contribution in [-0.4, -0.2) is 29.8 Å². The third-order valence-electron chi connectivity index (χ3n) is 4.60. The van der Waals surface area contributed by atoms with Gasteiger partial charge in [-0.15, -0.1) is 11.3 Å². The highest BCUT2D eigenvalue weighted by Gasteiger charge is 2.30. The number of thiophene rings is 1. The van der Waals surface area contributed by atoms with Crippen molar-refractivity contribution < 1.29 is 9.59 Å². The molecule has 0 radical (unpaired) electrons. The first-order chi connectivity index (χ1) is 11.4. The summed E-state index contributed by atoms with van der Waals surface area (Å²) in [7, 11) is 1.80. The summed E-state index contributed by atoms with van der Waals surface area (Å²) in [4.78, 5) is 28.2. The second-order valence-electron chi connectivity index (χ2n) is 6.97. The van der Waals surface area contributed by atoms with Crippen molar-refractivity contribution in [2.45, 2.75) is 58.5 Å². The third-order valence-corrected chi connectivity index (χ3v) is 6.21. The van der Waals surface area contributed by atoms with Crippen LogP contribution >= 0.6 is 27.3 Å². The molecule has 134 valence electrons. The van der Waals surface area contributed by atoms with E-state index >= 15 is 0 Å². The SMILES string of the molecule is CC(C)C(NC(=O)C1CCCCC1)C(=O)N(C)Cc1ccc(Br)s1. The van der Waals surface area contributed by atoms with Gasteiger partial charge in [-0.05, 0) is 46.8 Å². The topological polar surface area (TPSA) is 49.4 Å². The summed E-state index contributed by atoms with van der Waals surface area (Å²) in [6, 6.07) is 3.56. The Morgan fingerprint density at radius 3 is 2.50 bits per heavy atom. The highest BCUT2D eigenvalue weighted by molar-refractivity contribution is 9.11. The van der Waals surface area contributed by atoms with Gasteiger partial charge in [0.15, 0.2) is 0 Å². The van der Waals surface area contributed by atoms with Crippen LogP contribution in [0.2, 0.25) is 0 Å². The molecular weight excluding hydrogens is 388 g/mol. The third kappa shape index (κ3) is 5.31. The molecule has 24 heavy (non-hydrogen) atoms. The first-order valence-corrected chi connectivity index (χ1v) is 10.3. The van der Waals surface area contributed by atoms with Crippen LogP contribution in [0.1, 0.15) is 50.8 Å². The lowest BCUT2D eigenvalue weighted by atomic mass is 9.88. The van der Waals surface area contributed by atoms with Gasteiger partial charge in [0.05, 0.1) is 10.3 Å². The molecule has 1 aliphatic rings. The molecule has 1 aromatic rings. The van der Waals surface area contributed by atoms with Crippen LogP contribution in [0.3, 0.4) is 0 Å². The summed E-state index contributed by atoms with van der Waals surface area (Å²) in [5.41, 5.74) is 0. The maximum Gasteiger partial charge on any atom is 0.245 e. The first-order valence-electron chi connectivity index (χ1n) is 8.68. The lowest BCUT2D eigenvalue weighted by Crippen LogP contribution is -2.51. The molecule has 0 saturated heterocycles. The van der Waals surface area contributed by atoms with Gasteiger partial charge >= 0.3 is 0 Å². The molecule has 2 amide bonds. The van der Waals surface area contributed by atoms with Crippen LogP contribution in [0, 0.1) is 11.8 Å². The number of hydrogen-bond donors (Lipinski definition) is 1. The molecule has 1 N–H and O–H groups in total. The van der Waals surface area contributed by atoms with E-state index in [1.807, 2.05) is 26.0 Å². The van der Waals surface area contributed by atoms with Crippen LogP contribution in [0.25, 0.3) is 0 Å². The Morgan fingerprint density at radius 2 is 1.96 bits per heavy atom. The summed E-state index contributed by atoms with van der Waals surface area (Å²) in [6.07, 6.45) is 5.35. The molecular formula is C18H27BrN2O2S. The lowest BCUT2D eigenvalue weighted by Gasteiger charge is -2.29. The van der Waals surface area contributed by atoms with Crippen LogP contribution in [0.15, 0.2) is 15.9 Å². The second kappa shape index (κ2) is 8.99. The normalized spacial score (nSPS) is 16.9. The molecule has 1 saturated carbocycles. The maximum atomic E-state index is 12.8. The molecule has 1 unspecified atom stereocenters. The molecule has 1 atom stereocenters. The minimum Gasteiger partial charge on any atom is -0.344 e.